The molecule has 3 aromatic carbocycles. The lowest BCUT2D eigenvalue weighted by Crippen LogP contribution is -2.20. The molecule has 0 saturated carbocycles. The van der Waals surface area contributed by atoms with Gasteiger partial charge in [-0.1, -0.05) is 23.7 Å². The van der Waals surface area contributed by atoms with E-state index in [1.54, 1.807) is 56.8 Å². The Hall–Kier alpha value is -3.57. The number of carbonyl (C=O) groups excluding carboxylic acids is 1. The highest BCUT2D eigenvalue weighted by Gasteiger charge is 2.18. The van der Waals surface area contributed by atoms with E-state index in [0.717, 1.165) is 5.56 Å². The van der Waals surface area contributed by atoms with Crippen LogP contribution in [0.15, 0.2) is 77.7 Å². The third-order valence-corrected chi connectivity index (χ3v) is 5.40. The molecule has 31 heavy (non-hydrogen) atoms. The van der Waals surface area contributed by atoms with E-state index in [-0.39, 0.29) is 16.8 Å². The standard InChI is InChI=1S/C25H20ClNO4/c1-30-19-9-5-17(6-10-19)24(28)22-15-27(14-16-3-7-18(26)8-4-16)23-12-11-20(31-2)13-21(23)25(22)29/h3-13,15H,14H2,1-2H3. The van der Waals surface area contributed by atoms with Crippen molar-refractivity contribution in [2.24, 2.45) is 0 Å². The predicted molar refractivity (Wildman–Crippen MR) is 122 cm³/mol. The molecule has 0 spiro atoms. The minimum absolute atomic E-state index is 0.0971. The number of hydrogen-bond acceptors (Lipinski definition) is 4. The Balaban J connectivity index is 1.87. The van der Waals surface area contributed by atoms with Crippen molar-refractivity contribution in [3.05, 3.63) is 105 Å². The molecule has 1 heterocycles. The number of nitrogens with zero attached hydrogens (tertiary/aromatic N) is 1. The van der Waals surface area contributed by atoms with Crippen molar-refractivity contribution in [1.29, 1.82) is 0 Å². The highest BCUT2D eigenvalue weighted by Crippen LogP contribution is 2.22. The topological polar surface area (TPSA) is 57.5 Å². The number of hydrogen-bond donors (Lipinski definition) is 0. The van der Waals surface area contributed by atoms with Crippen molar-refractivity contribution >= 4 is 28.3 Å². The second-order valence-electron chi connectivity index (χ2n) is 7.07. The largest absolute Gasteiger partial charge is 0.497 e. The summed E-state index contributed by atoms with van der Waals surface area (Å²) in [6.07, 6.45) is 1.62. The Bertz CT molecular complexity index is 1310. The summed E-state index contributed by atoms with van der Waals surface area (Å²) in [6, 6.07) is 19.5. The Morgan fingerprint density at radius 3 is 2.19 bits per heavy atom. The number of ketones is 1. The van der Waals surface area contributed by atoms with E-state index in [9.17, 15) is 9.59 Å². The van der Waals surface area contributed by atoms with Gasteiger partial charge in [0.2, 0.25) is 5.43 Å². The molecule has 156 valence electrons. The zero-order valence-electron chi connectivity index (χ0n) is 17.1. The van der Waals surface area contributed by atoms with Crippen LogP contribution in [0, 0.1) is 0 Å². The van der Waals surface area contributed by atoms with Gasteiger partial charge in [-0.25, -0.2) is 0 Å². The third kappa shape index (κ3) is 4.18. The summed E-state index contributed by atoms with van der Waals surface area (Å²) in [5, 5.41) is 1.07. The van der Waals surface area contributed by atoms with Crippen LogP contribution in [0.3, 0.4) is 0 Å². The number of halogens is 1. The van der Waals surface area contributed by atoms with Crippen LogP contribution >= 0.6 is 11.6 Å². The van der Waals surface area contributed by atoms with E-state index in [1.165, 1.54) is 0 Å². The van der Waals surface area contributed by atoms with Crippen molar-refractivity contribution in [2.75, 3.05) is 14.2 Å². The smallest absolute Gasteiger partial charge is 0.200 e. The summed E-state index contributed by atoms with van der Waals surface area (Å²) in [4.78, 5) is 26.5. The maximum absolute atomic E-state index is 13.3. The van der Waals surface area contributed by atoms with Gasteiger partial charge in [-0.2, -0.15) is 0 Å². The number of rotatable bonds is 6. The van der Waals surface area contributed by atoms with Gasteiger partial charge in [-0.05, 0) is 60.2 Å². The minimum Gasteiger partial charge on any atom is -0.497 e. The van der Waals surface area contributed by atoms with Crippen LogP contribution in [0.1, 0.15) is 21.5 Å². The summed E-state index contributed by atoms with van der Waals surface area (Å²) in [5.74, 6) is 0.846. The molecule has 0 fully saturated rings. The Morgan fingerprint density at radius 1 is 0.903 bits per heavy atom. The first kappa shape index (κ1) is 20.7. The van der Waals surface area contributed by atoms with Crippen LogP contribution in [0.25, 0.3) is 10.9 Å². The summed E-state index contributed by atoms with van der Waals surface area (Å²) in [6.45, 7) is 0.475. The van der Waals surface area contributed by atoms with Crippen molar-refractivity contribution < 1.29 is 14.3 Å². The van der Waals surface area contributed by atoms with E-state index in [2.05, 4.69) is 0 Å². The van der Waals surface area contributed by atoms with Gasteiger partial charge in [0.05, 0.1) is 30.7 Å². The zero-order chi connectivity index (χ0) is 22.0. The average Bonchev–Trinajstić information content (AvgIpc) is 2.81. The average molecular weight is 434 g/mol. The van der Waals surface area contributed by atoms with Crippen LogP contribution in [0.2, 0.25) is 5.02 Å². The quantitative estimate of drug-likeness (QED) is 0.404. The molecule has 0 radical (unpaired) electrons. The second-order valence-corrected chi connectivity index (χ2v) is 7.50. The summed E-state index contributed by atoms with van der Waals surface area (Å²) < 4.78 is 12.4. The van der Waals surface area contributed by atoms with Crippen LogP contribution in [-0.4, -0.2) is 24.6 Å². The molecular weight excluding hydrogens is 414 g/mol. The molecule has 0 aliphatic carbocycles. The predicted octanol–water partition coefficient (Wildman–Crippen LogP) is 4.95. The number of pyridine rings is 1. The molecule has 0 N–H and O–H groups in total. The molecule has 0 aliphatic rings. The molecule has 0 aliphatic heterocycles. The number of methoxy groups -OCH3 is 2. The van der Waals surface area contributed by atoms with Gasteiger partial charge >= 0.3 is 0 Å². The van der Waals surface area contributed by atoms with Crippen LogP contribution in [0.4, 0.5) is 0 Å². The fourth-order valence-corrected chi connectivity index (χ4v) is 3.61. The third-order valence-electron chi connectivity index (χ3n) is 5.15. The first-order valence-electron chi connectivity index (χ1n) is 9.64. The fraction of sp³-hybridized carbons (Fsp3) is 0.120. The summed E-state index contributed by atoms with van der Waals surface area (Å²) in [5.41, 5.74) is 1.89. The molecule has 0 amide bonds. The normalized spacial score (nSPS) is 10.8. The summed E-state index contributed by atoms with van der Waals surface area (Å²) in [7, 11) is 3.10. The lowest BCUT2D eigenvalue weighted by molar-refractivity contribution is 0.103. The number of carbonyl (C=O) groups is 1. The number of aromatic nitrogens is 1. The molecular formula is C25H20ClNO4. The van der Waals surface area contributed by atoms with Crippen LogP contribution < -0.4 is 14.9 Å². The lowest BCUT2D eigenvalue weighted by Gasteiger charge is -2.14. The minimum atomic E-state index is -0.345. The van der Waals surface area contributed by atoms with Crippen LogP contribution in [0.5, 0.6) is 11.5 Å². The molecule has 0 saturated heterocycles. The highest BCUT2D eigenvalue weighted by molar-refractivity contribution is 6.30. The van der Waals surface area contributed by atoms with E-state index in [1.807, 2.05) is 34.9 Å². The zero-order valence-corrected chi connectivity index (χ0v) is 17.8. The molecule has 5 nitrogen and oxygen atoms in total. The van der Waals surface area contributed by atoms with Gasteiger partial charge in [0, 0.05) is 23.3 Å². The molecule has 1 aromatic heterocycles. The van der Waals surface area contributed by atoms with Crippen molar-refractivity contribution in [3.8, 4) is 11.5 Å². The first-order valence-corrected chi connectivity index (χ1v) is 10.0. The Kier molecular flexibility index (Phi) is 5.78. The molecule has 4 rings (SSSR count). The molecule has 4 aromatic rings. The van der Waals surface area contributed by atoms with E-state index in [0.29, 0.717) is 39.5 Å². The first-order chi connectivity index (χ1) is 15.0. The van der Waals surface area contributed by atoms with Gasteiger partial charge < -0.3 is 14.0 Å². The maximum atomic E-state index is 13.3. The molecule has 0 unspecified atom stereocenters. The monoisotopic (exact) mass is 433 g/mol. The van der Waals surface area contributed by atoms with Gasteiger partial charge in [-0.3, -0.25) is 9.59 Å². The van der Waals surface area contributed by atoms with Crippen molar-refractivity contribution in [2.45, 2.75) is 6.54 Å². The number of fused-ring (bicyclic) bond motifs is 1. The van der Waals surface area contributed by atoms with Gasteiger partial charge in [0.1, 0.15) is 11.5 Å². The summed E-state index contributed by atoms with van der Waals surface area (Å²) >= 11 is 6.00. The molecule has 0 atom stereocenters. The second kappa shape index (κ2) is 8.66. The van der Waals surface area contributed by atoms with E-state index in [4.69, 9.17) is 21.1 Å². The fourth-order valence-electron chi connectivity index (χ4n) is 3.48. The van der Waals surface area contributed by atoms with Gasteiger partial charge in [0.25, 0.3) is 0 Å². The van der Waals surface area contributed by atoms with E-state index >= 15 is 0 Å². The van der Waals surface area contributed by atoms with Gasteiger partial charge in [0.15, 0.2) is 5.78 Å². The van der Waals surface area contributed by atoms with Crippen LogP contribution in [-0.2, 0) is 6.54 Å². The maximum Gasteiger partial charge on any atom is 0.200 e. The lowest BCUT2D eigenvalue weighted by atomic mass is 10.0. The Labute approximate surface area is 184 Å². The van der Waals surface area contributed by atoms with Crippen molar-refractivity contribution in [3.63, 3.8) is 0 Å². The van der Waals surface area contributed by atoms with Gasteiger partial charge in [-0.15, -0.1) is 0 Å². The highest BCUT2D eigenvalue weighted by atomic mass is 35.5. The number of benzene rings is 3. The SMILES string of the molecule is COc1ccc(C(=O)c2cn(Cc3ccc(Cl)cc3)c3ccc(OC)cc3c2=O)cc1. The van der Waals surface area contributed by atoms with E-state index < -0.39 is 0 Å². The molecule has 6 heteroatoms. The number of ether oxygens (including phenoxy) is 2. The Morgan fingerprint density at radius 2 is 1.55 bits per heavy atom. The molecule has 0 bridgehead atoms. The van der Waals surface area contributed by atoms with Crippen molar-refractivity contribution in [1.82, 2.24) is 4.57 Å².